The van der Waals surface area contributed by atoms with E-state index in [4.69, 9.17) is 0 Å². The molecule has 0 amide bonds. The number of nitrogens with one attached hydrogen (secondary N) is 1. The van der Waals surface area contributed by atoms with Gasteiger partial charge in [0.25, 0.3) is 0 Å². The highest BCUT2D eigenvalue weighted by molar-refractivity contribution is 5.52. The standard InChI is InChI=1S/C16H22N4/c1-3-19(4-2)14-7-9-15(10-8-14)20-12-11-17-16(20)18-13-5-6-13/h7-13H,3-6H2,1-2H3,(H,17,18). The average Bonchev–Trinajstić information content (AvgIpc) is 3.17. The number of hydrogen-bond acceptors (Lipinski definition) is 3. The summed E-state index contributed by atoms with van der Waals surface area (Å²) < 4.78 is 2.12. The summed E-state index contributed by atoms with van der Waals surface area (Å²) in [5.74, 6) is 0.947. The van der Waals surface area contributed by atoms with Gasteiger partial charge < -0.3 is 10.2 Å². The maximum Gasteiger partial charge on any atom is 0.207 e. The van der Waals surface area contributed by atoms with Gasteiger partial charge in [-0.25, -0.2) is 4.98 Å². The molecule has 0 radical (unpaired) electrons. The summed E-state index contributed by atoms with van der Waals surface area (Å²) in [6, 6.07) is 9.30. The summed E-state index contributed by atoms with van der Waals surface area (Å²) in [5, 5.41) is 3.46. The van der Waals surface area contributed by atoms with Crippen LogP contribution < -0.4 is 10.2 Å². The number of anilines is 2. The Hall–Kier alpha value is -1.97. The van der Waals surface area contributed by atoms with Gasteiger partial charge in [-0.15, -0.1) is 0 Å². The Kier molecular flexibility index (Phi) is 3.63. The van der Waals surface area contributed by atoms with Crippen molar-refractivity contribution in [3.8, 4) is 5.69 Å². The zero-order valence-corrected chi connectivity index (χ0v) is 12.2. The molecule has 1 N–H and O–H groups in total. The van der Waals surface area contributed by atoms with Crippen molar-refractivity contribution in [1.82, 2.24) is 9.55 Å². The zero-order valence-electron chi connectivity index (χ0n) is 12.2. The van der Waals surface area contributed by atoms with E-state index in [1.54, 1.807) is 0 Å². The fourth-order valence-corrected chi connectivity index (χ4v) is 2.44. The Morgan fingerprint density at radius 1 is 1.20 bits per heavy atom. The smallest absolute Gasteiger partial charge is 0.207 e. The van der Waals surface area contributed by atoms with Crippen LogP contribution in [0.1, 0.15) is 26.7 Å². The second-order valence-electron chi connectivity index (χ2n) is 5.23. The Bertz CT molecular complexity index is 550. The normalized spacial score (nSPS) is 14.3. The van der Waals surface area contributed by atoms with Crippen LogP contribution in [0, 0.1) is 0 Å². The lowest BCUT2D eigenvalue weighted by atomic mass is 10.2. The van der Waals surface area contributed by atoms with Crippen molar-refractivity contribution in [3.05, 3.63) is 36.7 Å². The summed E-state index contributed by atoms with van der Waals surface area (Å²) in [6.45, 7) is 6.45. The van der Waals surface area contributed by atoms with Crippen molar-refractivity contribution in [1.29, 1.82) is 0 Å². The number of aromatic nitrogens is 2. The monoisotopic (exact) mass is 270 g/mol. The highest BCUT2D eigenvalue weighted by atomic mass is 15.2. The molecular formula is C16H22N4. The molecule has 0 unspecified atom stereocenters. The highest BCUT2D eigenvalue weighted by Gasteiger charge is 2.22. The fraction of sp³-hybridized carbons (Fsp3) is 0.438. The first-order valence-corrected chi connectivity index (χ1v) is 7.47. The molecule has 3 rings (SSSR count). The van der Waals surface area contributed by atoms with Crippen LogP contribution in [0.4, 0.5) is 11.6 Å². The summed E-state index contributed by atoms with van der Waals surface area (Å²) >= 11 is 0. The molecule has 0 atom stereocenters. The van der Waals surface area contributed by atoms with E-state index in [-0.39, 0.29) is 0 Å². The minimum Gasteiger partial charge on any atom is -0.372 e. The van der Waals surface area contributed by atoms with Crippen LogP contribution in [-0.2, 0) is 0 Å². The number of rotatable bonds is 6. The van der Waals surface area contributed by atoms with Crippen molar-refractivity contribution < 1.29 is 0 Å². The molecule has 0 saturated heterocycles. The van der Waals surface area contributed by atoms with Crippen LogP contribution in [0.2, 0.25) is 0 Å². The lowest BCUT2D eigenvalue weighted by Gasteiger charge is -2.21. The lowest BCUT2D eigenvalue weighted by Crippen LogP contribution is -2.21. The van der Waals surface area contributed by atoms with Gasteiger partial charge in [0.15, 0.2) is 0 Å². The third-order valence-corrected chi connectivity index (χ3v) is 3.81. The third kappa shape index (κ3) is 2.64. The first-order valence-electron chi connectivity index (χ1n) is 7.47. The van der Waals surface area contributed by atoms with E-state index >= 15 is 0 Å². The molecule has 4 heteroatoms. The first-order chi connectivity index (χ1) is 9.81. The summed E-state index contributed by atoms with van der Waals surface area (Å²) in [4.78, 5) is 6.75. The molecule has 20 heavy (non-hydrogen) atoms. The molecule has 1 fully saturated rings. The third-order valence-electron chi connectivity index (χ3n) is 3.81. The van der Waals surface area contributed by atoms with Crippen molar-refractivity contribution in [2.75, 3.05) is 23.3 Å². The van der Waals surface area contributed by atoms with E-state index in [9.17, 15) is 0 Å². The minimum atomic E-state index is 0.617. The first kappa shape index (κ1) is 13.0. The largest absolute Gasteiger partial charge is 0.372 e. The molecule has 0 spiro atoms. The molecule has 1 aliphatic rings. The van der Waals surface area contributed by atoms with Gasteiger partial charge in [0.2, 0.25) is 5.95 Å². The van der Waals surface area contributed by atoms with E-state index in [1.807, 2.05) is 12.4 Å². The number of nitrogens with zero attached hydrogens (tertiary/aromatic N) is 3. The van der Waals surface area contributed by atoms with Crippen molar-refractivity contribution >= 4 is 11.6 Å². The van der Waals surface area contributed by atoms with Crippen LogP contribution in [0.15, 0.2) is 36.7 Å². The fourth-order valence-electron chi connectivity index (χ4n) is 2.44. The van der Waals surface area contributed by atoms with E-state index in [0.29, 0.717) is 6.04 Å². The van der Waals surface area contributed by atoms with Crippen molar-refractivity contribution in [2.45, 2.75) is 32.7 Å². The molecular weight excluding hydrogens is 248 g/mol. The molecule has 0 aliphatic heterocycles. The van der Waals surface area contributed by atoms with Gasteiger partial charge >= 0.3 is 0 Å². The number of hydrogen-bond donors (Lipinski definition) is 1. The van der Waals surface area contributed by atoms with Crippen molar-refractivity contribution in [2.24, 2.45) is 0 Å². The van der Waals surface area contributed by atoms with Gasteiger partial charge in [0, 0.05) is 42.9 Å². The molecule has 1 aliphatic carbocycles. The van der Waals surface area contributed by atoms with Crippen LogP contribution in [0.25, 0.3) is 5.69 Å². The van der Waals surface area contributed by atoms with Gasteiger partial charge in [-0.05, 0) is 51.0 Å². The van der Waals surface area contributed by atoms with Crippen LogP contribution in [0.5, 0.6) is 0 Å². The maximum atomic E-state index is 4.40. The average molecular weight is 270 g/mol. The Morgan fingerprint density at radius 3 is 2.50 bits per heavy atom. The number of imidazole rings is 1. The molecule has 4 nitrogen and oxygen atoms in total. The molecule has 1 saturated carbocycles. The maximum absolute atomic E-state index is 4.40. The molecule has 2 aromatic rings. The predicted octanol–water partition coefficient (Wildman–Crippen LogP) is 3.29. The summed E-state index contributed by atoms with van der Waals surface area (Å²) in [6.07, 6.45) is 6.38. The summed E-state index contributed by atoms with van der Waals surface area (Å²) in [5.41, 5.74) is 2.43. The van der Waals surface area contributed by atoms with Gasteiger partial charge in [-0.1, -0.05) is 0 Å². The minimum absolute atomic E-state index is 0.617. The van der Waals surface area contributed by atoms with Crippen LogP contribution in [0.3, 0.4) is 0 Å². The quantitative estimate of drug-likeness (QED) is 0.874. The SMILES string of the molecule is CCN(CC)c1ccc(-n2ccnc2NC2CC2)cc1. The van der Waals surface area contributed by atoms with Gasteiger partial charge in [0.1, 0.15) is 0 Å². The van der Waals surface area contributed by atoms with E-state index in [1.165, 1.54) is 18.5 Å². The number of benzene rings is 1. The van der Waals surface area contributed by atoms with Crippen LogP contribution >= 0.6 is 0 Å². The van der Waals surface area contributed by atoms with E-state index in [0.717, 1.165) is 24.7 Å². The molecule has 0 bridgehead atoms. The lowest BCUT2D eigenvalue weighted by molar-refractivity contribution is 0.865. The van der Waals surface area contributed by atoms with E-state index < -0.39 is 0 Å². The van der Waals surface area contributed by atoms with Gasteiger partial charge in [0.05, 0.1) is 0 Å². The summed E-state index contributed by atoms with van der Waals surface area (Å²) in [7, 11) is 0. The second-order valence-corrected chi connectivity index (χ2v) is 5.23. The molecule has 1 heterocycles. The Labute approximate surface area is 120 Å². The Morgan fingerprint density at radius 2 is 1.90 bits per heavy atom. The van der Waals surface area contributed by atoms with E-state index in [2.05, 4.69) is 57.9 Å². The molecule has 1 aromatic carbocycles. The van der Waals surface area contributed by atoms with Gasteiger partial charge in [-0.2, -0.15) is 0 Å². The predicted molar refractivity (Wildman–Crippen MR) is 83.8 cm³/mol. The van der Waals surface area contributed by atoms with Gasteiger partial charge in [-0.3, -0.25) is 4.57 Å². The van der Waals surface area contributed by atoms with Crippen molar-refractivity contribution in [3.63, 3.8) is 0 Å². The van der Waals surface area contributed by atoms with Crippen LogP contribution in [-0.4, -0.2) is 28.7 Å². The Balaban J connectivity index is 1.81. The topological polar surface area (TPSA) is 33.1 Å². The molecule has 106 valence electrons. The highest BCUT2D eigenvalue weighted by Crippen LogP contribution is 2.26. The molecule has 1 aromatic heterocycles. The second kappa shape index (κ2) is 5.57. The zero-order chi connectivity index (χ0) is 13.9.